The summed E-state index contributed by atoms with van der Waals surface area (Å²) in [6.45, 7) is 4.94. The Kier molecular flexibility index (Phi) is 10.6. The van der Waals surface area contributed by atoms with E-state index in [1.165, 1.54) is 34.3 Å². The van der Waals surface area contributed by atoms with Crippen molar-refractivity contribution in [1.29, 1.82) is 0 Å². The molecular formula is C30H39N3O8. The van der Waals surface area contributed by atoms with Crippen LogP contribution in [0.5, 0.6) is 17.2 Å². The van der Waals surface area contributed by atoms with Gasteiger partial charge in [0.25, 0.3) is 0 Å². The van der Waals surface area contributed by atoms with Gasteiger partial charge in [-0.1, -0.05) is 26.3 Å². The van der Waals surface area contributed by atoms with E-state index < -0.39 is 24.0 Å². The minimum absolute atomic E-state index is 0.136. The van der Waals surface area contributed by atoms with E-state index in [4.69, 9.17) is 18.9 Å². The van der Waals surface area contributed by atoms with Crippen molar-refractivity contribution in [2.75, 3.05) is 40.3 Å². The van der Waals surface area contributed by atoms with Crippen molar-refractivity contribution in [2.24, 2.45) is 5.92 Å². The Morgan fingerprint density at radius 1 is 1.02 bits per heavy atom. The SMILES string of the molecule is CC[C@H](C)[C@@H](NC(=O)CNc1ccc2c(cc1=O)[C@H](NC(C)=O)CCc1cc(OC)c(OC)c(OC)c1-2)C(=O)OC. The Bertz CT molecular complexity index is 1360. The number of carbonyl (C=O) groups excluding carboxylic acids is 3. The first-order chi connectivity index (χ1) is 19.6. The van der Waals surface area contributed by atoms with Gasteiger partial charge in [0.1, 0.15) is 6.04 Å². The van der Waals surface area contributed by atoms with Crippen molar-refractivity contribution < 1.29 is 33.3 Å². The predicted octanol–water partition coefficient (Wildman–Crippen LogP) is 2.98. The van der Waals surface area contributed by atoms with Gasteiger partial charge in [0.2, 0.25) is 23.0 Å². The van der Waals surface area contributed by atoms with E-state index in [2.05, 4.69) is 16.0 Å². The standard InChI is InChI=1S/C30H39N3O8/c1-8-16(2)27(30(37)41-7)33-25(36)15-31-22-12-10-19-20(14-23(22)35)21(32-17(3)34)11-9-18-13-24(38-4)28(39-5)29(40-6)26(18)19/h10,12-14,16,21,27H,8-9,11,15H2,1-7H3,(H,31,35)(H,32,34)(H,33,36)/t16-,21+,27+/m0/s1. The first-order valence-corrected chi connectivity index (χ1v) is 13.5. The summed E-state index contributed by atoms with van der Waals surface area (Å²) in [6.07, 6.45) is 1.76. The third-order valence-electron chi connectivity index (χ3n) is 7.34. The van der Waals surface area contributed by atoms with Gasteiger partial charge >= 0.3 is 5.97 Å². The molecule has 2 aromatic rings. The van der Waals surface area contributed by atoms with Crippen LogP contribution in [0.25, 0.3) is 11.1 Å². The molecule has 2 aromatic carbocycles. The Hall–Kier alpha value is -4.28. The van der Waals surface area contributed by atoms with Crippen LogP contribution >= 0.6 is 0 Å². The maximum atomic E-state index is 13.4. The quantitative estimate of drug-likeness (QED) is 0.348. The zero-order chi connectivity index (χ0) is 30.3. The van der Waals surface area contributed by atoms with Crippen LogP contribution in [0.1, 0.15) is 50.8 Å². The maximum Gasteiger partial charge on any atom is 0.328 e. The molecule has 0 fully saturated rings. The first-order valence-electron chi connectivity index (χ1n) is 13.5. The number of carbonyl (C=O) groups is 3. The summed E-state index contributed by atoms with van der Waals surface area (Å²) in [7, 11) is 5.86. The summed E-state index contributed by atoms with van der Waals surface area (Å²) in [6, 6.07) is 5.45. The number of fused-ring (bicyclic) bond motifs is 3. The summed E-state index contributed by atoms with van der Waals surface area (Å²) < 4.78 is 21.8. The molecule has 0 spiro atoms. The molecule has 1 aliphatic carbocycles. The lowest BCUT2D eigenvalue weighted by molar-refractivity contribution is -0.146. The molecule has 3 rings (SSSR count). The highest BCUT2D eigenvalue weighted by Crippen LogP contribution is 2.50. The minimum atomic E-state index is -0.802. The zero-order valence-corrected chi connectivity index (χ0v) is 24.6. The largest absolute Gasteiger partial charge is 0.493 e. The third-order valence-corrected chi connectivity index (χ3v) is 7.34. The van der Waals surface area contributed by atoms with E-state index in [9.17, 15) is 19.2 Å². The molecule has 11 heteroatoms. The monoisotopic (exact) mass is 569 g/mol. The molecule has 0 aliphatic heterocycles. The van der Waals surface area contributed by atoms with Crippen molar-refractivity contribution in [3.63, 3.8) is 0 Å². The highest BCUT2D eigenvalue weighted by atomic mass is 16.5. The predicted molar refractivity (Wildman–Crippen MR) is 155 cm³/mol. The van der Waals surface area contributed by atoms with Gasteiger partial charge < -0.3 is 34.9 Å². The second-order valence-electron chi connectivity index (χ2n) is 9.90. The lowest BCUT2D eigenvalue weighted by Gasteiger charge is -2.21. The van der Waals surface area contributed by atoms with Crippen molar-refractivity contribution >= 4 is 23.5 Å². The van der Waals surface area contributed by atoms with Crippen LogP contribution in [0.2, 0.25) is 0 Å². The van der Waals surface area contributed by atoms with E-state index >= 15 is 0 Å². The van der Waals surface area contributed by atoms with Crippen molar-refractivity contribution in [2.45, 2.75) is 52.1 Å². The molecule has 3 atom stereocenters. The van der Waals surface area contributed by atoms with E-state index in [0.29, 0.717) is 47.6 Å². The summed E-state index contributed by atoms with van der Waals surface area (Å²) in [4.78, 5) is 50.4. The summed E-state index contributed by atoms with van der Waals surface area (Å²) in [5.74, 6) is -0.0131. The van der Waals surface area contributed by atoms with E-state index in [1.807, 2.05) is 19.9 Å². The van der Waals surface area contributed by atoms with Crippen molar-refractivity contribution in [3.05, 3.63) is 45.6 Å². The topological polar surface area (TPSA) is 141 Å². The molecule has 41 heavy (non-hydrogen) atoms. The summed E-state index contributed by atoms with van der Waals surface area (Å²) in [5, 5.41) is 8.55. The van der Waals surface area contributed by atoms with Gasteiger partial charge in [-0.2, -0.15) is 0 Å². The van der Waals surface area contributed by atoms with Gasteiger partial charge in [-0.25, -0.2) is 4.79 Å². The number of aryl methyl sites for hydroxylation is 1. The van der Waals surface area contributed by atoms with Crippen LogP contribution in [0.4, 0.5) is 5.69 Å². The van der Waals surface area contributed by atoms with Crippen LogP contribution in [-0.2, 0) is 25.5 Å². The average molecular weight is 570 g/mol. The van der Waals surface area contributed by atoms with E-state index in [0.717, 1.165) is 11.1 Å². The lowest BCUT2D eigenvalue weighted by Crippen LogP contribution is -2.47. The molecule has 0 aromatic heterocycles. The number of esters is 1. The van der Waals surface area contributed by atoms with Gasteiger partial charge in [-0.05, 0) is 53.6 Å². The van der Waals surface area contributed by atoms with Crippen LogP contribution < -0.4 is 35.6 Å². The minimum Gasteiger partial charge on any atom is -0.493 e. The van der Waals surface area contributed by atoms with Gasteiger partial charge in [0.15, 0.2) is 11.5 Å². The molecule has 222 valence electrons. The molecule has 3 N–H and O–H groups in total. The molecule has 11 nitrogen and oxygen atoms in total. The van der Waals surface area contributed by atoms with Crippen molar-refractivity contribution in [3.8, 4) is 28.4 Å². The molecule has 0 saturated heterocycles. The van der Waals surface area contributed by atoms with Crippen LogP contribution in [0.15, 0.2) is 29.1 Å². The Morgan fingerprint density at radius 2 is 1.73 bits per heavy atom. The number of nitrogens with one attached hydrogen (secondary N) is 3. The summed E-state index contributed by atoms with van der Waals surface area (Å²) in [5.41, 5.74) is 2.71. The second kappa shape index (κ2) is 13.9. The normalized spacial score (nSPS) is 15.1. The number of benzene rings is 1. The molecule has 0 heterocycles. The second-order valence-corrected chi connectivity index (χ2v) is 9.90. The molecule has 0 bridgehead atoms. The number of methoxy groups -OCH3 is 4. The molecule has 2 amide bonds. The highest BCUT2D eigenvalue weighted by molar-refractivity contribution is 5.87. The van der Waals surface area contributed by atoms with Gasteiger partial charge in [0, 0.05) is 12.5 Å². The number of ether oxygens (including phenoxy) is 4. The average Bonchev–Trinajstić information content (AvgIpc) is 3.20. The highest BCUT2D eigenvalue weighted by Gasteiger charge is 2.30. The molecule has 1 aliphatic rings. The van der Waals surface area contributed by atoms with Gasteiger partial charge in [0.05, 0.1) is 46.7 Å². The number of hydrogen-bond donors (Lipinski definition) is 3. The van der Waals surface area contributed by atoms with Crippen LogP contribution in [0.3, 0.4) is 0 Å². The molecular weight excluding hydrogens is 530 g/mol. The maximum absolute atomic E-state index is 13.4. The van der Waals surface area contributed by atoms with Gasteiger partial charge in [-0.3, -0.25) is 14.4 Å². The van der Waals surface area contributed by atoms with Crippen LogP contribution in [0, 0.1) is 5.92 Å². The third kappa shape index (κ3) is 6.90. The fraction of sp³-hybridized carbons (Fsp3) is 0.467. The summed E-state index contributed by atoms with van der Waals surface area (Å²) >= 11 is 0. The van der Waals surface area contributed by atoms with Crippen molar-refractivity contribution in [1.82, 2.24) is 10.6 Å². The smallest absolute Gasteiger partial charge is 0.328 e. The van der Waals surface area contributed by atoms with E-state index in [1.54, 1.807) is 19.2 Å². The van der Waals surface area contributed by atoms with Crippen LogP contribution in [-0.4, -0.2) is 58.8 Å². The Morgan fingerprint density at radius 3 is 2.32 bits per heavy atom. The Labute approximate surface area is 239 Å². The Balaban J connectivity index is 2.07. The molecule has 0 saturated carbocycles. The number of rotatable bonds is 11. The molecule has 0 radical (unpaired) electrons. The van der Waals surface area contributed by atoms with E-state index in [-0.39, 0.29) is 29.5 Å². The van der Waals surface area contributed by atoms with Gasteiger partial charge in [-0.15, -0.1) is 0 Å². The number of anilines is 1. The number of hydrogen-bond acceptors (Lipinski definition) is 9. The fourth-order valence-electron chi connectivity index (χ4n) is 5.05. The lowest BCUT2D eigenvalue weighted by atomic mass is 9.95. The first kappa shape index (κ1) is 31.3. The molecule has 0 unspecified atom stereocenters. The fourth-order valence-corrected chi connectivity index (χ4v) is 5.05. The zero-order valence-electron chi connectivity index (χ0n) is 24.6. The number of amides is 2.